The second-order valence-corrected chi connectivity index (χ2v) is 4.35. The maximum absolute atomic E-state index is 10.8. The Hall–Kier alpha value is -1.06. The van der Waals surface area contributed by atoms with Crippen molar-refractivity contribution in [1.82, 2.24) is 0 Å². The summed E-state index contributed by atoms with van der Waals surface area (Å²) in [6, 6.07) is 0. The Morgan fingerprint density at radius 1 is 1.27 bits per heavy atom. The lowest BCUT2D eigenvalue weighted by molar-refractivity contribution is -0.163. The topological polar surface area (TPSA) is 74.6 Å². The van der Waals surface area contributed by atoms with Gasteiger partial charge in [-0.1, -0.05) is 33.1 Å². The number of carbonyl (C=O) groups is 2. The van der Waals surface area contributed by atoms with Gasteiger partial charge in [0.05, 0.1) is 0 Å². The number of hydrogen-bond donors (Lipinski definition) is 2. The molecule has 0 heterocycles. The molecule has 0 aromatic carbocycles. The van der Waals surface area contributed by atoms with Gasteiger partial charge in [-0.3, -0.25) is 9.59 Å². The predicted molar refractivity (Wildman–Crippen MR) is 56.7 cm³/mol. The molecule has 0 saturated heterocycles. The first-order valence-electron chi connectivity index (χ1n) is 5.31. The molecule has 0 aromatic rings. The van der Waals surface area contributed by atoms with Crippen LogP contribution in [0, 0.1) is 11.3 Å². The van der Waals surface area contributed by atoms with E-state index in [-0.39, 0.29) is 6.42 Å². The molecule has 0 radical (unpaired) electrons. The fourth-order valence-electron chi connectivity index (χ4n) is 1.31. The molecule has 0 rings (SSSR count). The molecule has 0 bridgehead atoms. The minimum atomic E-state index is -1.63. The fraction of sp³-hybridized carbons (Fsp3) is 0.818. The van der Waals surface area contributed by atoms with Gasteiger partial charge >= 0.3 is 11.9 Å². The monoisotopic (exact) mass is 216 g/mol. The Labute approximate surface area is 90.3 Å². The molecular weight excluding hydrogens is 196 g/mol. The van der Waals surface area contributed by atoms with Crippen molar-refractivity contribution in [3.63, 3.8) is 0 Å². The molecule has 0 fully saturated rings. The van der Waals surface area contributed by atoms with E-state index in [4.69, 9.17) is 10.2 Å². The third-order valence-electron chi connectivity index (χ3n) is 3.01. The quantitative estimate of drug-likeness (QED) is 0.641. The standard InChI is InChI=1S/C11H20O4/c1-4-8(2)6-5-7-11(3,9(12)13)10(14)15/h8H,4-7H2,1-3H3,(H,12,13)(H,14,15). The largest absolute Gasteiger partial charge is 0.480 e. The van der Waals surface area contributed by atoms with Gasteiger partial charge in [-0.15, -0.1) is 0 Å². The van der Waals surface area contributed by atoms with Crippen LogP contribution in [0.4, 0.5) is 0 Å². The molecule has 0 aliphatic rings. The van der Waals surface area contributed by atoms with Gasteiger partial charge in [0, 0.05) is 0 Å². The van der Waals surface area contributed by atoms with E-state index in [1.807, 2.05) is 0 Å². The molecule has 0 spiro atoms. The van der Waals surface area contributed by atoms with E-state index in [2.05, 4.69) is 13.8 Å². The minimum absolute atomic E-state index is 0.196. The maximum Gasteiger partial charge on any atom is 0.320 e. The Morgan fingerprint density at radius 2 is 1.73 bits per heavy atom. The number of carboxylic acids is 2. The van der Waals surface area contributed by atoms with Crippen LogP contribution < -0.4 is 0 Å². The van der Waals surface area contributed by atoms with Crippen LogP contribution in [0.2, 0.25) is 0 Å². The molecule has 0 aliphatic heterocycles. The van der Waals surface area contributed by atoms with Crippen LogP contribution >= 0.6 is 0 Å². The van der Waals surface area contributed by atoms with Crippen molar-refractivity contribution in [2.75, 3.05) is 0 Å². The van der Waals surface area contributed by atoms with E-state index < -0.39 is 17.4 Å². The summed E-state index contributed by atoms with van der Waals surface area (Å²) in [4.78, 5) is 21.7. The van der Waals surface area contributed by atoms with E-state index >= 15 is 0 Å². The van der Waals surface area contributed by atoms with Gasteiger partial charge in [0.2, 0.25) is 0 Å². The van der Waals surface area contributed by atoms with Crippen LogP contribution in [-0.2, 0) is 9.59 Å². The van der Waals surface area contributed by atoms with Crippen molar-refractivity contribution in [3.8, 4) is 0 Å². The van der Waals surface area contributed by atoms with Crippen molar-refractivity contribution in [3.05, 3.63) is 0 Å². The lowest BCUT2D eigenvalue weighted by Gasteiger charge is -2.20. The van der Waals surface area contributed by atoms with E-state index in [1.165, 1.54) is 6.92 Å². The van der Waals surface area contributed by atoms with Crippen molar-refractivity contribution < 1.29 is 19.8 Å². The summed E-state index contributed by atoms with van der Waals surface area (Å²) in [5.41, 5.74) is -1.63. The van der Waals surface area contributed by atoms with Crippen LogP contribution in [0.25, 0.3) is 0 Å². The smallest absolute Gasteiger partial charge is 0.320 e. The number of carboxylic acid groups (broad SMARTS) is 2. The zero-order valence-corrected chi connectivity index (χ0v) is 9.62. The lowest BCUT2D eigenvalue weighted by atomic mass is 9.84. The van der Waals surface area contributed by atoms with Crippen LogP contribution in [0.1, 0.15) is 46.5 Å². The summed E-state index contributed by atoms with van der Waals surface area (Å²) < 4.78 is 0. The van der Waals surface area contributed by atoms with E-state index in [9.17, 15) is 9.59 Å². The molecule has 0 saturated carbocycles. The van der Waals surface area contributed by atoms with Crippen molar-refractivity contribution in [2.24, 2.45) is 11.3 Å². The molecule has 0 aliphatic carbocycles. The van der Waals surface area contributed by atoms with Gasteiger partial charge in [-0.25, -0.2) is 0 Å². The molecular formula is C11H20O4. The van der Waals surface area contributed by atoms with Gasteiger partial charge in [-0.2, -0.15) is 0 Å². The van der Waals surface area contributed by atoms with Crippen molar-refractivity contribution in [1.29, 1.82) is 0 Å². The molecule has 0 aromatic heterocycles. The highest BCUT2D eigenvalue weighted by molar-refractivity contribution is 5.97. The number of aliphatic carboxylic acids is 2. The highest BCUT2D eigenvalue weighted by Gasteiger charge is 2.40. The lowest BCUT2D eigenvalue weighted by Crippen LogP contribution is -2.36. The second-order valence-electron chi connectivity index (χ2n) is 4.35. The van der Waals surface area contributed by atoms with Crippen LogP contribution in [0.5, 0.6) is 0 Å². The van der Waals surface area contributed by atoms with E-state index in [0.717, 1.165) is 12.8 Å². The summed E-state index contributed by atoms with van der Waals surface area (Å²) in [5, 5.41) is 17.7. The first kappa shape index (κ1) is 13.9. The van der Waals surface area contributed by atoms with Gasteiger partial charge < -0.3 is 10.2 Å². The molecule has 1 unspecified atom stereocenters. The van der Waals surface area contributed by atoms with Crippen LogP contribution in [0.3, 0.4) is 0 Å². The third kappa shape index (κ3) is 3.90. The Kier molecular flexibility index (Phi) is 5.33. The summed E-state index contributed by atoms with van der Waals surface area (Å²) in [7, 11) is 0. The Balaban J connectivity index is 4.21. The summed E-state index contributed by atoms with van der Waals surface area (Å²) in [6.45, 7) is 5.42. The zero-order chi connectivity index (χ0) is 12.1. The fourth-order valence-corrected chi connectivity index (χ4v) is 1.31. The Bertz CT molecular complexity index is 221. The number of hydrogen-bond acceptors (Lipinski definition) is 2. The molecule has 1 atom stereocenters. The van der Waals surface area contributed by atoms with Gasteiger partial charge in [-0.05, 0) is 19.3 Å². The molecule has 0 amide bonds. The highest BCUT2D eigenvalue weighted by Crippen LogP contribution is 2.26. The maximum atomic E-state index is 10.8. The van der Waals surface area contributed by atoms with E-state index in [1.54, 1.807) is 0 Å². The molecule has 2 N–H and O–H groups in total. The second kappa shape index (κ2) is 5.73. The number of rotatable bonds is 7. The summed E-state index contributed by atoms with van der Waals surface area (Å²) in [6.07, 6.45) is 2.76. The van der Waals surface area contributed by atoms with Gasteiger partial charge in [0.25, 0.3) is 0 Å². The predicted octanol–water partition coefficient (Wildman–Crippen LogP) is 2.38. The summed E-state index contributed by atoms with van der Waals surface area (Å²) in [5.74, 6) is -1.98. The van der Waals surface area contributed by atoms with E-state index in [0.29, 0.717) is 12.3 Å². The van der Waals surface area contributed by atoms with Crippen molar-refractivity contribution in [2.45, 2.75) is 46.5 Å². The average Bonchev–Trinajstić information content (AvgIpc) is 2.16. The molecule has 88 valence electrons. The summed E-state index contributed by atoms with van der Waals surface area (Å²) >= 11 is 0. The SMILES string of the molecule is CCC(C)CCCC(C)(C(=O)O)C(=O)O. The molecule has 15 heavy (non-hydrogen) atoms. The van der Waals surface area contributed by atoms with Crippen LogP contribution in [0.15, 0.2) is 0 Å². The minimum Gasteiger partial charge on any atom is -0.480 e. The first-order chi connectivity index (χ1) is 6.84. The highest BCUT2D eigenvalue weighted by atomic mass is 16.4. The molecule has 4 nitrogen and oxygen atoms in total. The van der Waals surface area contributed by atoms with Gasteiger partial charge in [0.1, 0.15) is 0 Å². The van der Waals surface area contributed by atoms with Crippen LogP contribution in [-0.4, -0.2) is 22.2 Å². The molecule has 4 heteroatoms. The zero-order valence-electron chi connectivity index (χ0n) is 9.62. The van der Waals surface area contributed by atoms with Crippen molar-refractivity contribution >= 4 is 11.9 Å². The third-order valence-corrected chi connectivity index (χ3v) is 3.01. The first-order valence-corrected chi connectivity index (χ1v) is 5.31. The Morgan fingerprint density at radius 3 is 2.07 bits per heavy atom. The average molecular weight is 216 g/mol. The normalized spacial score (nSPS) is 13.5. The van der Waals surface area contributed by atoms with Gasteiger partial charge in [0.15, 0.2) is 5.41 Å².